The number of aromatic nitrogens is 1. The van der Waals surface area contributed by atoms with E-state index >= 15 is 0 Å². The molecular weight excluding hydrogens is 329 g/mol. The molecule has 0 spiro atoms. The second-order valence-corrected chi connectivity index (χ2v) is 5.13. The molecule has 0 aliphatic heterocycles. The van der Waals surface area contributed by atoms with Crippen LogP contribution in [0.15, 0.2) is 48.5 Å². The van der Waals surface area contributed by atoms with Gasteiger partial charge in [-0.3, -0.25) is 14.9 Å². The molecular formula is C17H12FN3O4. The first-order valence-electron chi connectivity index (χ1n) is 7.18. The normalized spacial score (nSPS) is 10.5. The number of amides is 1. The van der Waals surface area contributed by atoms with Crippen molar-refractivity contribution in [3.63, 3.8) is 0 Å². The minimum absolute atomic E-state index is 0.0589. The molecule has 1 aromatic heterocycles. The Kier molecular flexibility index (Phi) is 4.25. The lowest BCUT2D eigenvalue weighted by atomic mass is 10.2. The van der Waals surface area contributed by atoms with Crippen LogP contribution in [-0.2, 0) is 0 Å². The monoisotopic (exact) mass is 341 g/mol. The van der Waals surface area contributed by atoms with Gasteiger partial charge in [0.15, 0.2) is 0 Å². The first kappa shape index (κ1) is 16.3. The number of pyridine rings is 1. The number of methoxy groups -OCH3 is 1. The van der Waals surface area contributed by atoms with Crippen molar-refractivity contribution < 1.29 is 18.8 Å². The Balaban J connectivity index is 1.90. The number of carbonyl (C=O) groups is 1. The summed E-state index contributed by atoms with van der Waals surface area (Å²) in [7, 11) is 1.55. The van der Waals surface area contributed by atoms with Gasteiger partial charge in [-0.15, -0.1) is 0 Å². The summed E-state index contributed by atoms with van der Waals surface area (Å²) < 4.78 is 18.9. The Hall–Kier alpha value is -3.55. The second-order valence-electron chi connectivity index (χ2n) is 5.13. The fraction of sp³-hybridized carbons (Fsp3) is 0.0588. The van der Waals surface area contributed by atoms with Crippen LogP contribution in [0.3, 0.4) is 0 Å². The zero-order chi connectivity index (χ0) is 18.0. The molecule has 0 saturated heterocycles. The second kappa shape index (κ2) is 6.52. The maximum atomic E-state index is 13.8. The van der Waals surface area contributed by atoms with Gasteiger partial charge in [0.25, 0.3) is 11.6 Å². The SMILES string of the molecule is COc1ccc2nc(C(=O)Nc3cc([N+](=O)[O-])ccc3F)ccc2c1. The highest BCUT2D eigenvalue weighted by atomic mass is 19.1. The summed E-state index contributed by atoms with van der Waals surface area (Å²) in [5.74, 6) is -0.785. The predicted molar refractivity (Wildman–Crippen MR) is 89.3 cm³/mol. The Morgan fingerprint density at radius 3 is 2.72 bits per heavy atom. The molecule has 0 atom stereocenters. The molecule has 3 rings (SSSR count). The van der Waals surface area contributed by atoms with Gasteiger partial charge in [-0.25, -0.2) is 9.37 Å². The van der Waals surface area contributed by atoms with Gasteiger partial charge in [-0.05, 0) is 30.3 Å². The van der Waals surface area contributed by atoms with Crippen LogP contribution >= 0.6 is 0 Å². The zero-order valence-electron chi connectivity index (χ0n) is 13.0. The largest absolute Gasteiger partial charge is 0.497 e. The quantitative estimate of drug-likeness (QED) is 0.578. The highest BCUT2D eigenvalue weighted by Gasteiger charge is 2.15. The average molecular weight is 341 g/mol. The van der Waals surface area contributed by atoms with Crippen molar-refractivity contribution >= 4 is 28.2 Å². The molecule has 0 unspecified atom stereocenters. The molecule has 0 aliphatic carbocycles. The van der Waals surface area contributed by atoms with E-state index in [1.165, 1.54) is 6.07 Å². The highest BCUT2D eigenvalue weighted by Crippen LogP contribution is 2.23. The Bertz CT molecular complexity index is 991. The van der Waals surface area contributed by atoms with Gasteiger partial charge in [0.2, 0.25) is 0 Å². The number of fused-ring (bicyclic) bond motifs is 1. The molecule has 126 valence electrons. The Labute approximate surface area is 141 Å². The van der Waals surface area contributed by atoms with Gasteiger partial charge in [0.1, 0.15) is 17.3 Å². The molecule has 0 bridgehead atoms. The Morgan fingerprint density at radius 2 is 2.00 bits per heavy atom. The third kappa shape index (κ3) is 3.37. The van der Waals surface area contributed by atoms with Crippen LogP contribution in [0.2, 0.25) is 0 Å². The van der Waals surface area contributed by atoms with E-state index < -0.39 is 16.6 Å². The van der Waals surface area contributed by atoms with Crippen molar-refractivity contribution in [1.29, 1.82) is 0 Å². The summed E-state index contributed by atoms with van der Waals surface area (Å²) in [4.78, 5) is 26.6. The van der Waals surface area contributed by atoms with Crippen molar-refractivity contribution in [2.45, 2.75) is 0 Å². The third-order valence-electron chi connectivity index (χ3n) is 3.54. The van der Waals surface area contributed by atoms with Crippen molar-refractivity contribution in [3.05, 3.63) is 70.2 Å². The summed E-state index contributed by atoms with van der Waals surface area (Å²) in [5, 5.41) is 13.8. The van der Waals surface area contributed by atoms with Crippen molar-refractivity contribution in [2.75, 3.05) is 12.4 Å². The van der Waals surface area contributed by atoms with Gasteiger partial charge in [-0.1, -0.05) is 6.07 Å². The average Bonchev–Trinajstić information content (AvgIpc) is 2.62. The highest BCUT2D eigenvalue weighted by molar-refractivity contribution is 6.04. The molecule has 7 nitrogen and oxygen atoms in total. The number of nitro benzene ring substituents is 1. The molecule has 1 heterocycles. The topological polar surface area (TPSA) is 94.4 Å². The molecule has 2 aromatic carbocycles. The lowest BCUT2D eigenvalue weighted by molar-refractivity contribution is -0.384. The number of rotatable bonds is 4. The van der Waals surface area contributed by atoms with Crippen LogP contribution in [0.5, 0.6) is 5.75 Å². The van der Waals surface area contributed by atoms with Gasteiger partial charge >= 0.3 is 0 Å². The number of hydrogen-bond donors (Lipinski definition) is 1. The van der Waals surface area contributed by atoms with E-state index in [9.17, 15) is 19.3 Å². The van der Waals surface area contributed by atoms with E-state index in [2.05, 4.69) is 10.3 Å². The smallest absolute Gasteiger partial charge is 0.274 e. The summed E-state index contributed by atoms with van der Waals surface area (Å²) in [6, 6.07) is 11.2. The molecule has 25 heavy (non-hydrogen) atoms. The van der Waals surface area contributed by atoms with Crippen LogP contribution in [0.25, 0.3) is 10.9 Å². The molecule has 0 radical (unpaired) electrons. The number of nitrogens with one attached hydrogen (secondary N) is 1. The number of non-ortho nitro benzene ring substituents is 1. The van der Waals surface area contributed by atoms with Crippen LogP contribution in [0.4, 0.5) is 15.8 Å². The first-order valence-corrected chi connectivity index (χ1v) is 7.18. The summed E-state index contributed by atoms with van der Waals surface area (Å²) in [6.07, 6.45) is 0. The molecule has 3 aromatic rings. The van der Waals surface area contributed by atoms with E-state index in [1.54, 1.807) is 31.4 Å². The van der Waals surface area contributed by atoms with Crippen LogP contribution in [-0.4, -0.2) is 22.9 Å². The number of nitrogens with zero attached hydrogens (tertiary/aromatic N) is 2. The maximum Gasteiger partial charge on any atom is 0.274 e. The standard InChI is InChI=1S/C17H12FN3O4/c1-25-12-4-7-14-10(8-12)2-6-15(19-14)17(22)20-16-9-11(21(23)24)3-5-13(16)18/h2-9H,1H3,(H,20,22). The summed E-state index contributed by atoms with van der Waals surface area (Å²) in [5.41, 5.74) is 0.0163. The van der Waals surface area contributed by atoms with Crippen LogP contribution in [0, 0.1) is 15.9 Å². The number of anilines is 1. The fourth-order valence-electron chi connectivity index (χ4n) is 2.27. The summed E-state index contributed by atoms with van der Waals surface area (Å²) >= 11 is 0. The van der Waals surface area contributed by atoms with Crippen molar-refractivity contribution in [1.82, 2.24) is 4.98 Å². The Morgan fingerprint density at radius 1 is 1.20 bits per heavy atom. The van der Waals surface area contributed by atoms with Crippen LogP contribution < -0.4 is 10.1 Å². The van der Waals surface area contributed by atoms with Gasteiger partial charge in [-0.2, -0.15) is 0 Å². The number of benzene rings is 2. The predicted octanol–water partition coefficient (Wildman–Crippen LogP) is 3.54. The van der Waals surface area contributed by atoms with E-state index in [4.69, 9.17) is 4.74 Å². The molecule has 1 N–H and O–H groups in total. The lowest BCUT2D eigenvalue weighted by Crippen LogP contribution is -2.14. The minimum Gasteiger partial charge on any atom is -0.497 e. The molecule has 0 saturated carbocycles. The third-order valence-corrected chi connectivity index (χ3v) is 3.54. The van der Waals surface area contributed by atoms with Crippen LogP contribution in [0.1, 0.15) is 10.5 Å². The van der Waals surface area contributed by atoms with E-state index in [0.717, 1.165) is 23.6 Å². The molecule has 1 amide bonds. The number of ether oxygens (including phenoxy) is 1. The van der Waals surface area contributed by atoms with E-state index in [-0.39, 0.29) is 17.1 Å². The number of halogens is 1. The lowest BCUT2D eigenvalue weighted by Gasteiger charge is -2.07. The van der Waals surface area contributed by atoms with E-state index in [1.807, 2.05) is 0 Å². The molecule has 0 aliphatic rings. The zero-order valence-corrected chi connectivity index (χ0v) is 13.0. The van der Waals surface area contributed by atoms with Gasteiger partial charge < -0.3 is 10.1 Å². The van der Waals surface area contributed by atoms with Gasteiger partial charge in [0.05, 0.1) is 23.2 Å². The van der Waals surface area contributed by atoms with Crippen molar-refractivity contribution in [3.8, 4) is 5.75 Å². The maximum absolute atomic E-state index is 13.8. The molecule has 8 heteroatoms. The first-order chi connectivity index (χ1) is 12.0. The van der Waals surface area contributed by atoms with Gasteiger partial charge in [0, 0.05) is 17.5 Å². The van der Waals surface area contributed by atoms with E-state index in [0.29, 0.717) is 11.3 Å². The number of hydrogen-bond acceptors (Lipinski definition) is 5. The fourth-order valence-corrected chi connectivity index (χ4v) is 2.27. The molecule has 0 fully saturated rings. The minimum atomic E-state index is -0.774. The number of nitro groups is 1. The number of carbonyl (C=O) groups excluding carboxylic acids is 1. The van der Waals surface area contributed by atoms with Crippen molar-refractivity contribution in [2.24, 2.45) is 0 Å². The summed E-state index contributed by atoms with van der Waals surface area (Å²) in [6.45, 7) is 0.